The summed E-state index contributed by atoms with van der Waals surface area (Å²) in [4.78, 5) is 2.47. The van der Waals surface area contributed by atoms with Gasteiger partial charge in [0.25, 0.3) is 0 Å². The van der Waals surface area contributed by atoms with Gasteiger partial charge in [0.2, 0.25) is 0 Å². The standard InChI is InChI=1S/C19H19BrClNO/c1-22-7-6-12-9-16(21)18(23)10-15(12)19-14-4-3-13(20)8-11(14)2-5-17(19)22/h3-4,8-10,17,19,23H,2,5-7H2,1H3/t17-,19?/m0/s1. The number of aromatic hydroxyl groups is 1. The fourth-order valence-corrected chi connectivity index (χ4v) is 4.80. The van der Waals surface area contributed by atoms with E-state index >= 15 is 0 Å². The zero-order valence-electron chi connectivity index (χ0n) is 13.0. The maximum absolute atomic E-state index is 10.2. The molecule has 2 aliphatic rings. The Hall–Kier alpha value is -1.03. The van der Waals surface area contributed by atoms with E-state index in [-0.39, 0.29) is 5.75 Å². The first-order valence-corrected chi connectivity index (χ1v) is 9.21. The zero-order valence-corrected chi connectivity index (χ0v) is 15.4. The lowest BCUT2D eigenvalue weighted by molar-refractivity contribution is 0.214. The van der Waals surface area contributed by atoms with Crippen molar-refractivity contribution in [2.24, 2.45) is 0 Å². The number of halogens is 2. The van der Waals surface area contributed by atoms with Gasteiger partial charge in [-0.05, 0) is 72.8 Å². The number of phenolic OH excluding ortho intramolecular Hbond substituents is 1. The fraction of sp³-hybridized carbons (Fsp3) is 0.368. The molecule has 0 saturated heterocycles. The highest BCUT2D eigenvalue weighted by Gasteiger charge is 2.36. The largest absolute Gasteiger partial charge is 0.506 e. The molecule has 1 aliphatic carbocycles. The monoisotopic (exact) mass is 391 g/mol. The summed E-state index contributed by atoms with van der Waals surface area (Å²) in [6.07, 6.45) is 3.23. The second-order valence-electron chi connectivity index (χ2n) is 6.66. The number of phenols is 1. The van der Waals surface area contributed by atoms with Crippen molar-refractivity contribution < 1.29 is 5.11 Å². The fourth-order valence-electron chi connectivity index (χ4n) is 4.21. The summed E-state index contributed by atoms with van der Waals surface area (Å²) in [5.74, 6) is 0.496. The molecule has 1 unspecified atom stereocenters. The second kappa shape index (κ2) is 5.80. The Labute approximate surface area is 150 Å². The molecule has 2 atom stereocenters. The Balaban J connectivity index is 1.94. The predicted molar refractivity (Wildman–Crippen MR) is 97.5 cm³/mol. The number of rotatable bonds is 0. The van der Waals surface area contributed by atoms with Gasteiger partial charge in [-0.3, -0.25) is 0 Å². The third-order valence-corrected chi connectivity index (χ3v) is 6.17. The molecular formula is C19H19BrClNO. The molecule has 2 aromatic rings. The van der Waals surface area contributed by atoms with Gasteiger partial charge in [0.1, 0.15) is 5.75 Å². The van der Waals surface area contributed by atoms with Crippen LogP contribution in [-0.4, -0.2) is 29.6 Å². The highest BCUT2D eigenvalue weighted by molar-refractivity contribution is 9.10. The molecule has 0 spiro atoms. The summed E-state index contributed by atoms with van der Waals surface area (Å²) in [5, 5.41) is 10.6. The average Bonchev–Trinajstić information content (AvgIpc) is 2.66. The van der Waals surface area contributed by atoms with Crippen molar-refractivity contribution in [1.29, 1.82) is 0 Å². The summed E-state index contributed by atoms with van der Waals surface area (Å²) < 4.78 is 1.14. The average molecular weight is 393 g/mol. The van der Waals surface area contributed by atoms with E-state index in [4.69, 9.17) is 11.6 Å². The molecular weight excluding hydrogens is 374 g/mol. The van der Waals surface area contributed by atoms with E-state index < -0.39 is 0 Å². The number of aryl methyl sites for hydroxylation is 1. The molecule has 120 valence electrons. The summed E-state index contributed by atoms with van der Waals surface area (Å²) in [6, 6.07) is 10.9. The third kappa shape index (κ3) is 2.59. The number of nitrogens with zero attached hydrogens (tertiary/aromatic N) is 1. The van der Waals surface area contributed by atoms with Gasteiger partial charge in [-0.1, -0.05) is 33.6 Å². The van der Waals surface area contributed by atoms with Gasteiger partial charge in [0.15, 0.2) is 0 Å². The van der Waals surface area contributed by atoms with Crippen LogP contribution in [0.2, 0.25) is 5.02 Å². The van der Waals surface area contributed by atoms with Crippen molar-refractivity contribution in [1.82, 2.24) is 4.90 Å². The number of hydrogen-bond donors (Lipinski definition) is 1. The Morgan fingerprint density at radius 3 is 2.74 bits per heavy atom. The van der Waals surface area contributed by atoms with Crippen LogP contribution in [0.5, 0.6) is 5.75 Å². The Morgan fingerprint density at radius 1 is 1.13 bits per heavy atom. The summed E-state index contributed by atoms with van der Waals surface area (Å²) >= 11 is 9.75. The van der Waals surface area contributed by atoms with Crippen molar-refractivity contribution >= 4 is 27.5 Å². The summed E-state index contributed by atoms with van der Waals surface area (Å²) in [5.41, 5.74) is 5.31. The van der Waals surface area contributed by atoms with Gasteiger partial charge < -0.3 is 10.0 Å². The topological polar surface area (TPSA) is 23.5 Å². The van der Waals surface area contributed by atoms with Gasteiger partial charge >= 0.3 is 0 Å². The maximum Gasteiger partial charge on any atom is 0.134 e. The summed E-state index contributed by atoms with van der Waals surface area (Å²) in [7, 11) is 2.22. The van der Waals surface area contributed by atoms with E-state index in [1.807, 2.05) is 12.1 Å². The van der Waals surface area contributed by atoms with Crippen molar-refractivity contribution in [2.75, 3.05) is 13.6 Å². The molecule has 0 fully saturated rings. The quantitative estimate of drug-likeness (QED) is 0.700. The Bertz CT molecular complexity index is 776. The third-order valence-electron chi connectivity index (χ3n) is 5.38. The van der Waals surface area contributed by atoms with Gasteiger partial charge in [-0.2, -0.15) is 0 Å². The van der Waals surface area contributed by atoms with Crippen molar-refractivity contribution in [3.63, 3.8) is 0 Å². The van der Waals surface area contributed by atoms with Crippen LogP contribution >= 0.6 is 27.5 Å². The molecule has 0 radical (unpaired) electrons. The maximum atomic E-state index is 10.2. The number of likely N-dealkylation sites (N-methyl/N-ethyl adjacent to an activating group) is 1. The van der Waals surface area contributed by atoms with Crippen LogP contribution in [0.3, 0.4) is 0 Å². The van der Waals surface area contributed by atoms with Crippen LogP contribution in [0.15, 0.2) is 34.8 Å². The molecule has 2 nitrogen and oxygen atoms in total. The minimum Gasteiger partial charge on any atom is -0.506 e. The first kappa shape index (κ1) is 15.5. The smallest absolute Gasteiger partial charge is 0.134 e. The second-order valence-corrected chi connectivity index (χ2v) is 7.98. The molecule has 4 rings (SSSR count). The van der Waals surface area contributed by atoms with Crippen molar-refractivity contribution in [3.8, 4) is 5.75 Å². The SMILES string of the molecule is CN1CCc2cc(Cl)c(O)cc2C2c3ccc(Br)cc3CC[C@@H]21. The van der Waals surface area contributed by atoms with E-state index in [1.54, 1.807) is 0 Å². The van der Waals surface area contributed by atoms with Crippen LogP contribution in [0.4, 0.5) is 0 Å². The molecule has 1 N–H and O–H groups in total. The van der Waals surface area contributed by atoms with Crippen LogP contribution in [0.25, 0.3) is 0 Å². The van der Waals surface area contributed by atoms with Crippen LogP contribution in [-0.2, 0) is 12.8 Å². The minimum atomic E-state index is 0.193. The Kier molecular flexibility index (Phi) is 3.91. The molecule has 1 aliphatic heterocycles. The van der Waals surface area contributed by atoms with E-state index in [0.717, 1.165) is 30.3 Å². The molecule has 0 saturated carbocycles. The van der Waals surface area contributed by atoms with E-state index in [0.29, 0.717) is 17.0 Å². The predicted octanol–water partition coefficient (Wildman–Crippen LogP) is 4.74. The molecule has 1 heterocycles. The highest BCUT2D eigenvalue weighted by atomic mass is 79.9. The number of hydrogen-bond acceptors (Lipinski definition) is 2. The normalized spacial score (nSPS) is 23.6. The van der Waals surface area contributed by atoms with Gasteiger partial charge in [0, 0.05) is 23.0 Å². The molecule has 0 bridgehead atoms. The first-order valence-electron chi connectivity index (χ1n) is 8.04. The lowest BCUT2D eigenvalue weighted by atomic mass is 9.74. The molecule has 0 amide bonds. The molecule has 0 aromatic heterocycles. The van der Waals surface area contributed by atoms with E-state index in [1.165, 1.54) is 22.3 Å². The summed E-state index contributed by atoms with van der Waals surface area (Å²) in [6.45, 7) is 1.03. The minimum absolute atomic E-state index is 0.193. The number of fused-ring (bicyclic) bond motifs is 5. The van der Waals surface area contributed by atoms with Gasteiger partial charge in [-0.25, -0.2) is 0 Å². The van der Waals surface area contributed by atoms with Crippen LogP contribution in [0.1, 0.15) is 34.6 Å². The van der Waals surface area contributed by atoms with Crippen LogP contribution in [0, 0.1) is 0 Å². The molecule has 23 heavy (non-hydrogen) atoms. The number of benzene rings is 2. The van der Waals surface area contributed by atoms with Crippen molar-refractivity contribution in [3.05, 3.63) is 62.1 Å². The lowest BCUT2D eigenvalue weighted by Crippen LogP contribution is -2.39. The first-order chi connectivity index (χ1) is 11.0. The molecule has 2 aromatic carbocycles. The zero-order chi connectivity index (χ0) is 16.1. The van der Waals surface area contributed by atoms with Crippen molar-refractivity contribution in [2.45, 2.75) is 31.2 Å². The molecule has 4 heteroatoms. The highest BCUT2D eigenvalue weighted by Crippen LogP contribution is 2.44. The van der Waals surface area contributed by atoms with E-state index in [2.05, 4.69) is 46.1 Å². The lowest BCUT2D eigenvalue weighted by Gasteiger charge is -2.38. The van der Waals surface area contributed by atoms with Gasteiger partial charge in [-0.15, -0.1) is 0 Å². The van der Waals surface area contributed by atoms with Crippen LogP contribution < -0.4 is 0 Å². The Morgan fingerprint density at radius 2 is 1.91 bits per heavy atom. The van der Waals surface area contributed by atoms with Gasteiger partial charge in [0.05, 0.1) is 5.02 Å². The van der Waals surface area contributed by atoms with E-state index in [9.17, 15) is 5.11 Å².